The first kappa shape index (κ1) is 15.5. The first-order chi connectivity index (χ1) is 10.3. The Kier molecular flexibility index (Phi) is 4.13. The quantitative estimate of drug-likeness (QED) is 0.610. The SMILES string of the molecule is O=C(O)C(=O)NCc1cc(Cl)cc2cc(C(=O)O)c(=O)[nH]c12. The molecule has 1 aromatic carbocycles. The summed E-state index contributed by atoms with van der Waals surface area (Å²) in [4.78, 5) is 46.6. The summed E-state index contributed by atoms with van der Waals surface area (Å²) in [5.74, 6) is -4.24. The number of carboxylic acids is 2. The second-order valence-corrected chi connectivity index (χ2v) is 4.77. The summed E-state index contributed by atoms with van der Waals surface area (Å²) in [5.41, 5.74) is -0.639. The maximum Gasteiger partial charge on any atom is 0.394 e. The lowest BCUT2D eigenvalue weighted by Crippen LogP contribution is -2.30. The fourth-order valence-electron chi connectivity index (χ4n) is 1.90. The predicted molar refractivity (Wildman–Crippen MR) is 76.0 cm³/mol. The molecule has 0 fully saturated rings. The summed E-state index contributed by atoms with van der Waals surface area (Å²) in [5, 5.41) is 20.2. The normalized spacial score (nSPS) is 10.4. The van der Waals surface area contributed by atoms with Crippen molar-refractivity contribution < 1.29 is 24.6 Å². The molecule has 0 aliphatic rings. The van der Waals surface area contributed by atoms with Crippen LogP contribution in [0.5, 0.6) is 0 Å². The molecule has 0 bridgehead atoms. The summed E-state index contributed by atoms with van der Waals surface area (Å²) < 4.78 is 0. The van der Waals surface area contributed by atoms with Gasteiger partial charge < -0.3 is 20.5 Å². The number of hydrogen-bond donors (Lipinski definition) is 4. The number of pyridine rings is 1. The van der Waals surface area contributed by atoms with Crippen molar-refractivity contribution in [2.45, 2.75) is 6.54 Å². The molecule has 1 amide bonds. The second kappa shape index (κ2) is 5.86. The first-order valence-corrected chi connectivity index (χ1v) is 6.27. The summed E-state index contributed by atoms with van der Waals surface area (Å²) in [6.45, 7) is -0.190. The van der Waals surface area contributed by atoms with Gasteiger partial charge in [-0.15, -0.1) is 0 Å². The molecule has 0 saturated carbocycles. The van der Waals surface area contributed by atoms with Crippen LogP contribution in [0.25, 0.3) is 10.9 Å². The van der Waals surface area contributed by atoms with E-state index >= 15 is 0 Å². The molecule has 22 heavy (non-hydrogen) atoms. The van der Waals surface area contributed by atoms with Crippen LogP contribution in [0.2, 0.25) is 5.02 Å². The van der Waals surface area contributed by atoms with E-state index in [1.807, 2.05) is 0 Å². The zero-order valence-electron chi connectivity index (χ0n) is 10.8. The van der Waals surface area contributed by atoms with Gasteiger partial charge in [0.05, 0.1) is 5.52 Å². The molecule has 0 aliphatic carbocycles. The van der Waals surface area contributed by atoms with Crippen molar-refractivity contribution in [3.8, 4) is 0 Å². The van der Waals surface area contributed by atoms with Crippen LogP contribution in [0.3, 0.4) is 0 Å². The number of rotatable bonds is 3. The van der Waals surface area contributed by atoms with E-state index in [9.17, 15) is 19.2 Å². The molecule has 4 N–H and O–H groups in total. The molecule has 0 spiro atoms. The van der Waals surface area contributed by atoms with Crippen molar-refractivity contribution in [3.05, 3.63) is 44.7 Å². The standard InChI is InChI=1S/C13H9ClN2O6/c14-7-1-5-3-8(12(19)20)10(17)16-9(5)6(2-7)4-15-11(18)13(21)22/h1-3H,4H2,(H,15,18)(H,16,17)(H,19,20)(H,21,22). The van der Waals surface area contributed by atoms with Crippen LogP contribution in [0.1, 0.15) is 15.9 Å². The predicted octanol–water partition coefficient (Wildman–Crippen LogP) is 0.580. The van der Waals surface area contributed by atoms with Gasteiger partial charge in [-0.3, -0.25) is 9.59 Å². The summed E-state index contributed by atoms with van der Waals surface area (Å²) in [6, 6.07) is 4.04. The summed E-state index contributed by atoms with van der Waals surface area (Å²) in [6.07, 6.45) is 0. The third-order valence-electron chi connectivity index (χ3n) is 2.86. The van der Waals surface area contributed by atoms with Gasteiger partial charge in [-0.2, -0.15) is 0 Å². The number of aliphatic carboxylic acids is 1. The smallest absolute Gasteiger partial charge is 0.394 e. The monoisotopic (exact) mass is 324 g/mol. The number of aromatic carboxylic acids is 1. The van der Waals surface area contributed by atoms with E-state index in [0.29, 0.717) is 10.9 Å². The van der Waals surface area contributed by atoms with E-state index < -0.39 is 29.0 Å². The number of H-pyrrole nitrogens is 1. The van der Waals surface area contributed by atoms with Gasteiger partial charge in [-0.1, -0.05) is 11.6 Å². The molecule has 0 aliphatic heterocycles. The van der Waals surface area contributed by atoms with Crippen LogP contribution in [-0.2, 0) is 16.1 Å². The Labute approximate surface area is 127 Å². The van der Waals surface area contributed by atoms with Crippen molar-refractivity contribution in [1.82, 2.24) is 10.3 Å². The Bertz CT molecular complexity index is 857. The number of aromatic nitrogens is 1. The van der Waals surface area contributed by atoms with Gasteiger partial charge in [0.25, 0.3) is 5.56 Å². The Balaban J connectivity index is 2.53. The van der Waals surface area contributed by atoms with Crippen molar-refractivity contribution in [1.29, 1.82) is 0 Å². The molecule has 2 aromatic rings. The Morgan fingerprint density at radius 1 is 1.18 bits per heavy atom. The second-order valence-electron chi connectivity index (χ2n) is 4.33. The minimum atomic E-state index is -1.65. The maximum absolute atomic E-state index is 11.7. The number of carbonyl (C=O) groups excluding carboxylic acids is 1. The van der Waals surface area contributed by atoms with Crippen LogP contribution in [-0.4, -0.2) is 33.0 Å². The van der Waals surface area contributed by atoms with Gasteiger partial charge in [-0.25, -0.2) is 9.59 Å². The van der Waals surface area contributed by atoms with Crippen molar-refractivity contribution in [3.63, 3.8) is 0 Å². The highest BCUT2D eigenvalue weighted by molar-refractivity contribution is 6.32. The lowest BCUT2D eigenvalue weighted by Gasteiger charge is -2.09. The maximum atomic E-state index is 11.7. The minimum Gasteiger partial charge on any atom is -0.477 e. The first-order valence-electron chi connectivity index (χ1n) is 5.89. The zero-order chi connectivity index (χ0) is 16.4. The van der Waals surface area contributed by atoms with Crippen LogP contribution >= 0.6 is 11.6 Å². The van der Waals surface area contributed by atoms with Crippen molar-refractivity contribution >= 4 is 40.3 Å². The number of hydrogen-bond acceptors (Lipinski definition) is 4. The lowest BCUT2D eigenvalue weighted by atomic mass is 10.1. The molecule has 0 saturated heterocycles. The van der Waals surface area contributed by atoms with E-state index in [4.69, 9.17) is 21.8 Å². The van der Waals surface area contributed by atoms with Gasteiger partial charge in [-0.05, 0) is 23.8 Å². The molecular weight excluding hydrogens is 316 g/mol. The van der Waals surface area contributed by atoms with Gasteiger partial charge in [0.2, 0.25) is 0 Å². The molecule has 0 atom stereocenters. The molecule has 0 unspecified atom stereocenters. The highest BCUT2D eigenvalue weighted by atomic mass is 35.5. The van der Waals surface area contributed by atoms with Crippen LogP contribution in [0, 0.1) is 0 Å². The van der Waals surface area contributed by atoms with Gasteiger partial charge in [0, 0.05) is 17.0 Å². The van der Waals surface area contributed by atoms with E-state index in [0.717, 1.165) is 6.07 Å². The third-order valence-corrected chi connectivity index (χ3v) is 3.08. The topological polar surface area (TPSA) is 137 Å². The average Bonchev–Trinajstić information content (AvgIpc) is 2.43. The van der Waals surface area contributed by atoms with E-state index in [2.05, 4.69) is 10.3 Å². The third kappa shape index (κ3) is 3.07. The van der Waals surface area contributed by atoms with E-state index in [-0.39, 0.29) is 17.1 Å². The molecule has 114 valence electrons. The summed E-state index contributed by atoms with van der Waals surface area (Å²) in [7, 11) is 0. The number of halogens is 1. The number of aromatic amines is 1. The van der Waals surface area contributed by atoms with Crippen molar-refractivity contribution in [2.75, 3.05) is 0 Å². The lowest BCUT2D eigenvalue weighted by molar-refractivity contribution is -0.150. The van der Waals surface area contributed by atoms with Crippen molar-refractivity contribution in [2.24, 2.45) is 0 Å². The number of fused-ring (bicyclic) bond motifs is 1. The molecule has 1 aromatic heterocycles. The molecule has 0 radical (unpaired) electrons. The zero-order valence-corrected chi connectivity index (χ0v) is 11.6. The molecule has 2 rings (SSSR count). The van der Waals surface area contributed by atoms with E-state index in [1.165, 1.54) is 12.1 Å². The molecule has 9 heteroatoms. The van der Waals surface area contributed by atoms with Crippen LogP contribution < -0.4 is 10.9 Å². The fraction of sp³-hybridized carbons (Fsp3) is 0.0769. The van der Waals surface area contributed by atoms with Crippen LogP contribution in [0.15, 0.2) is 23.0 Å². The molecule has 8 nitrogen and oxygen atoms in total. The summed E-state index contributed by atoms with van der Waals surface area (Å²) >= 11 is 5.90. The molecular formula is C13H9ClN2O6. The molecule has 1 heterocycles. The largest absolute Gasteiger partial charge is 0.477 e. The average molecular weight is 325 g/mol. The number of carbonyl (C=O) groups is 3. The number of amides is 1. The highest BCUT2D eigenvalue weighted by Crippen LogP contribution is 2.22. The highest BCUT2D eigenvalue weighted by Gasteiger charge is 2.15. The minimum absolute atomic E-state index is 0.190. The van der Waals surface area contributed by atoms with Gasteiger partial charge >= 0.3 is 17.8 Å². The van der Waals surface area contributed by atoms with Gasteiger partial charge in [0.1, 0.15) is 5.56 Å². The Morgan fingerprint density at radius 3 is 2.45 bits per heavy atom. The van der Waals surface area contributed by atoms with Crippen LogP contribution in [0.4, 0.5) is 0 Å². The fourth-order valence-corrected chi connectivity index (χ4v) is 2.15. The number of nitrogens with one attached hydrogen (secondary N) is 2. The number of benzene rings is 1. The number of carboxylic acid groups (broad SMARTS) is 2. The Hall–Kier alpha value is -2.87. The van der Waals surface area contributed by atoms with Gasteiger partial charge in [0.15, 0.2) is 0 Å². The Morgan fingerprint density at radius 2 is 1.86 bits per heavy atom. The van der Waals surface area contributed by atoms with E-state index in [1.54, 1.807) is 0 Å².